The van der Waals surface area contributed by atoms with Gasteiger partial charge in [-0.15, -0.1) is 0 Å². The van der Waals surface area contributed by atoms with Crippen molar-refractivity contribution in [1.29, 1.82) is 0 Å². The average Bonchev–Trinajstić information content (AvgIpc) is 2.50. The second-order valence-electron chi connectivity index (χ2n) is 5.15. The number of nitrogens with zero attached hydrogens (tertiary/aromatic N) is 2. The Bertz CT molecular complexity index is 560. The van der Waals surface area contributed by atoms with Crippen molar-refractivity contribution in [2.75, 3.05) is 39.3 Å². The van der Waals surface area contributed by atoms with Gasteiger partial charge in [-0.3, -0.25) is 14.5 Å². The molecule has 1 aromatic carbocycles. The molecule has 2 amide bonds. The van der Waals surface area contributed by atoms with E-state index in [1.807, 2.05) is 11.8 Å². The van der Waals surface area contributed by atoms with Crippen molar-refractivity contribution in [3.8, 4) is 0 Å². The van der Waals surface area contributed by atoms with Crippen LogP contribution in [-0.2, 0) is 4.79 Å². The quantitative estimate of drug-likeness (QED) is 0.909. The lowest BCUT2D eigenvalue weighted by Crippen LogP contribution is -2.51. The Morgan fingerprint density at radius 2 is 1.95 bits per heavy atom. The van der Waals surface area contributed by atoms with E-state index in [9.17, 15) is 14.0 Å². The van der Waals surface area contributed by atoms with Crippen LogP contribution in [0.2, 0.25) is 5.02 Å². The van der Waals surface area contributed by atoms with Crippen LogP contribution in [0.4, 0.5) is 4.39 Å². The monoisotopic (exact) mass is 327 g/mol. The summed E-state index contributed by atoms with van der Waals surface area (Å²) in [5.41, 5.74) is -0.00956. The maximum absolute atomic E-state index is 13.7. The number of carbonyl (C=O) groups excluding carboxylic acids is 2. The van der Waals surface area contributed by atoms with Gasteiger partial charge in [0.2, 0.25) is 5.91 Å². The van der Waals surface area contributed by atoms with Gasteiger partial charge in [0.15, 0.2) is 0 Å². The summed E-state index contributed by atoms with van der Waals surface area (Å²) < 4.78 is 13.7. The Balaban J connectivity index is 1.92. The zero-order chi connectivity index (χ0) is 16.1. The lowest BCUT2D eigenvalue weighted by atomic mass is 10.1. The summed E-state index contributed by atoms with van der Waals surface area (Å²) in [5, 5.41) is 3.07. The minimum Gasteiger partial charge on any atom is -0.355 e. The van der Waals surface area contributed by atoms with Crippen LogP contribution in [0.15, 0.2) is 18.2 Å². The highest BCUT2D eigenvalue weighted by Gasteiger charge is 2.25. The van der Waals surface area contributed by atoms with Gasteiger partial charge < -0.3 is 10.2 Å². The van der Waals surface area contributed by atoms with E-state index in [0.717, 1.165) is 0 Å². The third kappa shape index (κ3) is 4.18. The van der Waals surface area contributed by atoms with E-state index >= 15 is 0 Å². The minimum atomic E-state index is -0.570. The zero-order valence-corrected chi connectivity index (χ0v) is 13.2. The third-order valence-electron chi connectivity index (χ3n) is 3.56. The van der Waals surface area contributed by atoms with Crippen LogP contribution >= 0.6 is 11.6 Å². The molecule has 22 heavy (non-hydrogen) atoms. The molecule has 5 nitrogen and oxygen atoms in total. The van der Waals surface area contributed by atoms with Gasteiger partial charge in [-0.05, 0) is 25.1 Å². The summed E-state index contributed by atoms with van der Waals surface area (Å²) in [6, 6.07) is 3.96. The van der Waals surface area contributed by atoms with Gasteiger partial charge in [-0.25, -0.2) is 4.39 Å². The molecule has 1 aromatic rings. The molecule has 1 N–H and O–H groups in total. The maximum Gasteiger partial charge on any atom is 0.256 e. The van der Waals surface area contributed by atoms with Crippen LogP contribution in [-0.4, -0.2) is 60.9 Å². The van der Waals surface area contributed by atoms with Crippen LogP contribution in [0.3, 0.4) is 0 Å². The molecule has 7 heteroatoms. The first-order valence-electron chi connectivity index (χ1n) is 7.24. The van der Waals surface area contributed by atoms with E-state index in [1.54, 1.807) is 4.90 Å². The molecule has 1 fully saturated rings. The normalized spacial score (nSPS) is 15.7. The van der Waals surface area contributed by atoms with E-state index in [4.69, 9.17) is 11.6 Å². The molecule has 2 rings (SSSR count). The Morgan fingerprint density at radius 3 is 2.59 bits per heavy atom. The van der Waals surface area contributed by atoms with E-state index in [2.05, 4.69) is 5.32 Å². The minimum absolute atomic E-state index is 0.00956. The highest BCUT2D eigenvalue weighted by Crippen LogP contribution is 2.17. The van der Waals surface area contributed by atoms with Crippen LogP contribution in [0, 0.1) is 5.82 Å². The number of nitrogens with one attached hydrogen (secondary N) is 1. The van der Waals surface area contributed by atoms with Gasteiger partial charge >= 0.3 is 0 Å². The predicted octanol–water partition coefficient (Wildman–Crippen LogP) is 1.37. The topological polar surface area (TPSA) is 52.7 Å². The van der Waals surface area contributed by atoms with Crippen molar-refractivity contribution in [3.05, 3.63) is 34.6 Å². The summed E-state index contributed by atoms with van der Waals surface area (Å²) >= 11 is 5.82. The van der Waals surface area contributed by atoms with Crippen LogP contribution in [0.25, 0.3) is 0 Å². The molecule has 0 unspecified atom stereocenters. The van der Waals surface area contributed by atoms with Crippen molar-refractivity contribution in [2.45, 2.75) is 6.92 Å². The molecule has 1 heterocycles. The second-order valence-corrected chi connectivity index (χ2v) is 5.58. The third-order valence-corrected chi connectivity index (χ3v) is 3.79. The summed E-state index contributed by atoms with van der Waals surface area (Å²) in [6.07, 6.45) is 0. The van der Waals surface area contributed by atoms with Crippen LogP contribution in [0.5, 0.6) is 0 Å². The number of halogens is 2. The number of piperazine rings is 1. The van der Waals surface area contributed by atoms with Gasteiger partial charge in [-0.1, -0.05) is 11.6 Å². The largest absolute Gasteiger partial charge is 0.355 e. The van der Waals surface area contributed by atoms with Gasteiger partial charge in [0.25, 0.3) is 5.91 Å². The lowest BCUT2D eigenvalue weighted by molar-refractivity contribution is -0.122. The number of benzene rings is 1. The first-order valence-corrected chi connectivity index (χ1v) is 7.62. The molecule has 0 aliphatic carbocycles. The fourth-order valence-corrected chi connectivity index (χ4v) is 2.57. The van der Waals surface area contributed by atoms with E-state index in [-0.39, 0.29) is 17.4 Å². The molecule has 0 saturated carbocycles. The van der Waals surface area contributed by atoms with Gasteiger partial charge in [0.05, 0.1) is 12.1 Å². The average molecular weight is 328 g/mol. The van der Waals surface area contributed by atoms with Gasteiger partial charge in [0, 0.05) is 37.7 Å². The molecule has 1 aliphatic heterocycles. The van der Waals surface area contributed by atoms with Gasteiger partial charge in [-0.2, -0.15) is 0 Å². The zero-order valence-electron chi connectivity index (χ0n) is 12.4. The lowest BCUT2D eigenvalue weighted by Gasteiger charge is -2.34. The van der Waals surface area contributed by atoms with Crippen molar-refractivity contribution in [2.24, 2.45) is 0 Å². The van der Waals surface area contributed by atoms with Crippen molar-refractivity contribution in [1.82, 2.24) is 15.1 Å². The molecule has 0 spiro atoms. The first kappa shape index (κ1) is 16.7. The molecular weight excluding hydrogens is 309 g/mol. The summed E-state index contributed by atoms with van der Waals surface area (Å²) in [5.74, 6) is -0.958. The summed E-state index contributed by atoms with van der Waals surface area (Å²) in [7, 11) is 0. The number of hydrogen-bond donors (Lipinski definition) is 1. The second kappa shape index (κ2) is 7.56. The fourth-order valence-electron chi connectivity index (χ4n) is 2.40. The Labute approximate surface area is 134 Å². The molecule has 0 bridgehead atoms. The Kier molecular flexibility index (Phi) is 5.74. The number of rotatable bonds is 4. The molecular formula is C15H19ClFN3O2. The van der Waals surface area contributed by atoms with Crippen molar-refractivity contribution >= 4 is 23.4 Å². The molecule has 0 radical (unpaired) electrons. The summed E-state index contributed by atoms with van der Waals surface area (Å²) in [6.45, 7) is 4.89. The number of hydrogen-bond acceptors (Lipinski definition) is 3. The number of carbonyl (C=O) groups is 2. The van der Waals surface area contributed by atoms with Crippen LogP contribution < -0.4 is 5.32 Å². The molecule has 1 aliphatic rings. The molecule has 120 valence electrons. The number of amides is 2. The Hall–Kier alpha value is -1.66. The standard InChI is InChI=1S/C15H19ClFN3O2/c1-2-18-14(21)10-19-5-7-20(8-6-19)15(22)12-9-11(16)3-4-13(12)17/h3-4,9H,2,5-8,10H2,1H3,(H,18,21). The van der Waals surface area contributed by atoms with Crippen LogP contribution in [0.1, 0.15) is 17.3 Å². The fraction of sp³-hybridized carbons (Fsp3) is 0.467. The molecule has 0 aromatic heterocycles. The first-order chi connectivity index (χ1) is 10.5. The Morgan fingerprint density at radius 1 is 1.27 bits per heavy atom. The van der Waals surface area contributed by atoms with Crippen molar-refractivity contribution in [3.63, 3.8) is 0 Å². The van der Waals surface area contributed by atoms with E-state index in [0.29, 0.717) is 44.3 Å². The maximum atomic E-state index is 13.7. The van der Waals surface area contributed by atoms with E-state index in [1.165, 1.54) is 18.2 Å². The highest BCUT2D eigenvalue weighted by atomic mass is 35.5. The van der Waals surface area contributed by atoms with Gasteiger partial charge in [0.1, 0.15) is 5.82 Å². The molecule has 0 atom stereocenters. The molecule has 1 saturated heterocycles. The highest BCUT2D eigenvalue weighted by molar-refractivity contribution is 6.31. The summed E-state index contributed by atoms with van der Waals surface area (Å²) in [4.78, 5) is 27.4. The smallest absolute Gasteiger partial charge is 0.256 e. The van der Waals surface area contributed by atoms with E-state index < -0.39 is 5.82 Å². The predicted molar refractivity (Wildman–Crippen MR) is 82.4 cm³/mol. The number of likely N-dealkylation sites (N-methyl/N-ethyl adjacent to an activating group) is 1. The van der Waals surface area contributed by atoms with Crippen molar-refractivity contribution < 1.29 is 14.0 Å². The SMILES string of the molecule is CCNC(=O)CN1CCN(C(=O)c2cc(Cl)ccc2F)CC1.